The van der Waals surface area contributed by atoms with E-state index in [0.717, 1.165) is 18.6 Å². The molecule has 0 amide bonds. The third-order valence-electron chi connectivity index (χ3n) is 4.08. The van der Waals surface area contributed by atoms with E-state index >= 15 is 0 Å². The Labute approximate surface area is 92.2 Å². The maximum atomic E-state index is 12.0. The van der Waals surface area contributed by atoms with Crippen molar-refractivity contribution in [2.24, 2.45) is 0 Å². The van der Waals surface area contributed by atoms with Gasteiger partial charge in [-0.15, -0.1) is 0 Å². The average Bonchev–Trinajstić information content (AvgIpc) is 2.19. The van der Waals surface area contributed by atoms with Crippen molar-refractivity contribution < 1.29 is 4.39 Å². The van der Waals surface area contributed by atoms with Crippen molar-refractivity contribution in [2.75, 3.05) is 20.3 Å². The quantitative estimate of drug-likeness (QED) is 0.720. The Bertz CT molecular complexity index is 184. The summed E-state index contributed by atoms with van der Waals surface area (Å²) in [7, 11) is 2.27. The second-order valence-corrected chi connectivity index (χ2v) is 5.07. The zero-order chi connectivity index (χ0) is 10.7. The van der Waals surface area contributed by atoms with Gasteiger partial charge < -0.3 is 10.2 Å². The smallest absolute Gasteiger partial charge is 0.0906 e. The number of halogens is 1. The number of piperidine rings is 2. The fourth-order valence-electron chi connectivity index (χ4n) is 3.16. The molecule has 1 N–H and O–H groups in total. The van der Waals surface area contributed by atoms with Crippen LogP contribution in [0.1, 0.15) is 38.5 Å². The van der Waals surface area contributed by atoms with Crippen molar-refractivity contribution >= 4 is 0 Å². The fraction of sp³-hybridized carbons (Fsp3) is 1.00. The molecule has 2 bridgehead atoms. The summed E-state index contributed by atoms with van der Waals surface area (Å²) in [6, 6.07) is 2.20. The Morgan fingerprint density at radius 2 is 1.93 bits per heavy atom. The molecular formula is C12H23FN2. The van der Waals surface area contributed by atoms with Crippen LogP contribution in [0.4, 0.5) is 4.39 Å². The van der Waals surface area contributed by atoms with Gasteiger partial charge in [0.1, 0.15) is 0 Å². The molecule has 0 aromatic carbocycles. The summed E-state index contributed by atoms with van der Waals surface area (Å²) in [6.45, 7) is 0.663. The van der Waals surface area contributed by atoms with E-state index in [4.69, 9.17) is 0 Å². The van der Waals surface area contributed by atoms with Gasteiger partial charge >= 0.3 is 0 Å². The predicted molar refractivity (Wildman–Crippen MR) is 60.8 cm³/mol. The highest BCUT2D eigenvalue weighted by Crippen LogP contribution is 2.32. The van der Waals surface area contributed by atoms with Crippen LogP contribution < -0.4 is 5.32 Å². The average molecular weight is 214 g/mol. The largest absolute Gasteiger partial charge is 0.314 e. The van der Waals surface area contributed by atoms with Crippen LogP contribution in [0.3, 0.4) is 0 Å². The summed E-state index contributed by atoms with van der Waals surface area (Å²) < 4.78 is 12.0. The Morgan fingerprint density at radius 1 is 1.27 bits per heavy atom. The monoisotopic (exact) mass is 214 g/mol. The highest BCUT2D eigenvalue weighted by Gasteiger charge is 2.35. The SMILES string of the molecule is CN1C2CCCC1CC(NCCCF)C2. The molecule has 2 heterocycles. The lowest BCUT2D eigenvalue weighted by atomic mass is 9.82. The summed E-state index contributed by atoms with van der Waals surface area (Å²) in [6.07, 6.45) is 7.31. The zero-order valence-corrected chi connectivity index (χ0v) is 9.71. The van der Waals surface area contributed by atoms with Crippen LogP contribution in [0.15, 0.2) is 0 Å². The Morgan fingerprint density at radius 3 is 2.53 bits per heavy atom. The third kappa shape index (κ3) is 2.70. The van der Waals surface area contributed by atoms with Gasteiger partial charge in [0.2, 0.25) is 0 Å². The number of hydrogen-bond donors (Lipinski definition) is 1. The molecule has 0 aromatic heterocycles. The first-order valence-corrected chi connectivity index (χ1v) is 6.32. The number of nitrogens with zero attached hydrogens (tertiary/aromatic N) is 1. The van der Waals surface area contributed by atoms with Crippen LogP contribution in [-0.4, -0.2) is 43.3 Å². The van der Waals surface area contributed by atoms with Crippen molar-refractivity contribution in [3.05, 3.63) is 0 Å². The van der Waals surface area contributed by atoms with E-state index < -0.39 is 0 Å². The molecule has 2 aliphatic rings. The first-order chi connectivity index (χ1) is 7.31. The molecule has 2 rings (SSSR count). The minimum absolute atomic E-state index is 0.188. The Kier molecular flexibility index (Phi) is 3.98. The molecule has 0 aromatic rings. The van der Waals surface area contributed by atoms with E-state index in [1.54, 1.807) is 0 Å². The number of nitrogens with one attached hydrogen (secondary N) is 1. The summed E-state index contributed by atoms with van der Waals surface area (Å²) in [5.74, 6) is 0. The van der Waals surface area contributed by atoms with Crippen molar-refractivity contribution in [3.8, 4) is 0 Å². The van der Waals surface area contributed by atoms with Crippen LogP contribution in [-0.2, 0) is 0 Å². The van der Waals surface area contributed by atoms with Crippen molar-refractivity contribution in [3.63, 3.8) is 0 Å². The molecule has 2 saturated heterocycles. The molecule has 2 nitrogen and oxygen atoms in total. The molecule has 88 valence electrons. The predicted octanol–water partition coefficient (Wildman–Crippen LogP) is 1.95. The van der Waals surface area contributed by atoms with Gasteiger partial charge in [0.15, 0.2) is 0 Å². The molecule has 2 atom stereocenters. The number of rotatable bonds is 4. The van der Waals surface area contributed by atoms with Gasteiger partial charge in [-0.2, -0.15) is 0 Å². The van der Waals surface area contributed by atoms with Crippen LogP contribution in [0, 0.1) is 0 Å². The second kappa shape index (κ2) is 5.26. The molecule has 3 heteroatoms. The van der Waals surface area contributed by atoms with E-state index in [1.807, 2.05) is 0 Å². The highest BCUT2D eigenvalue weighted by molar-refractivity contribution is 4.93. The fourth-order valence-corrected chi connectivity index (χ4v) is 3.16. The summed E-state index contributed by atoms with van der Waals surface area (Å²) >= 11 is 0. The molecule has 0 spiro atoms. The number of fused-ring (bicyclic) bond motifs is 2. The van der Waals surface area contributed by atoms with Gasteiger partial charge in [-0.3, -0.25) is 4.39 Å². The van der Waals surface area contributed by atoms with Crippen molar-refractivity contribution in [1.82, 2.24) is 10.2 Å². The summed E-state index contributed by atoms with van der Waals surface area (Å²) in [4.78, 5) is 2.57. The van der Waals surface area contributed by atoms with E-state index in [-0.39, 0.29) is 6.67 Å². The van der Waals surface area contributed by atoms with Crippen LogP contribution in [0.25, 0.3) is 0 Å². The normalized spacial score (nSPS) is 36.8. The maximum Gasteiger partial charge on any atom is 0.0906 e. The molecule has 2 fully saturated rings. The van der Waals surface area contributed by atoms with Gasteiger partial charge in [0.05, 0.1) is 6.67 Å². The second-order valence-electron chi connectivity index (χ2n) is 5.07. The molecule has 0 aliphatic carbocycles. The Hall–Kier alpha value is -0.150. The standard InChI is InChI=1S/C12H23FN2/c1-15-11-4-2-5-12(15)9-10(8-11)14-7-3-6-13/h10-12,14H,2-9H2,1H3. The minimum Gasteiger partial charge on any atom is -0.314 e. The topological polar surface area (TPSA) is 15.3 Å². The van der Waals surface area contributed by atoms with Gasteiger partial charge in [-0.05, 0) is 45.7 Å². The van der Waals surface area contributed by atoms with Crippen molar-refractivity contribution in [2.45, 2.75) is 56.7 Å². The van der Waals surface area contributed by atoms with E-state index in [9.17, 15) is 4.39 Å². The number of alkyl halides is 1. The van der Waals surface area contributed by atoms with Crippen LogP contribution >= 0.6 is 0 Å². The van der Waals surface area contributed by atoms with Crippen molar-refractivity contribution in [1.29, 1.82) is 0 Å². The van der Waals surface area contributed by atoms with E-state index in [1.165, 1.54) is 32.1 Å². The Balaban J connectivity index is 1.79. The maximum absolute atomic E-state index is 12.0. The first kappa shape index (κ1) is 11.3. The lowest BCUT2D eigenvalue weighted by Crippen LogP contribution is -2.54. The molecule has 0 saturated carbocycles. The number of hydrogen-bond acceptors (Lipinski definition) is 2. The molecule has 2 aliphatic heterocycles. The van der Waals surface area contributed by atoms with E-state index in [0.29, 0.717) is 12.5 Å². The minimum atomic E-state index is -0.188. The first-order valence-electron chi connectivity index (χ1n) is 6.32. The lowest BCUT2D eigenvalue weighted by Gasteiger charge is -2.47. The molecule has 2 unspecified atom stereocenters. The third-order valence-corrected chi connectivity index (χ3v) is 4.08. The zero-order valence-electron chi connectivity index (χ0n) is 9.71. The van der Waals surface area contributed by atoms with Gasteiger partial charge in [-0.1, -0.05) is 6.42 Å². The lowest BCUT2D eigenvalue weighted by molar-refractivity contribution is 0.0486. The molecule has 0 radical (unpaired) electrons. The highest BCUT2D eigenvalue weighted by atomic mass is 19.1. The molecular weight excluding hydrogens is 191 g/mol. The van der Waals surface area contributed by atoms with Crippen LogP contribution in [0.2, 0.25) is 0 Å². The van der Waals surface area contributed by atoms with Gasteiger partial charge in [0.25, 0.3) is 0 Å². The summed E-state index contributed by atoms with van der Waals surface area (Å²) in [5, 5.41) is 3.50. The van der Waals surface area contributed by atoms with Crippen LogP contribution in [0.5, 0.6) is 0 Å². The van der Waals surface area contributed by atoms with Gasteiger partial charge in [-0.25, -0.2) is 0 Å². The summed E-state index contributed by atoms with van der Waals surface area (Å²) in [5.41, 5.74) is 0. The van der Waals surface area contributed by atoms with Gasteiger partial charge in [0, 0.05) is 18.1 Å². The molecule has 15 heavy (non-hydrogen) atoms. The van der Waals surface area contributed by atoms with E-state index in [2.05, 4.69) is 17.3 Å².